The Hall–Kier alpha value is -3.13. The molecule has 0 spiro atoms. The van der Waals surface area contributed by atoms with Crippen LogP contribution in [-0.2, 0) is 4.79 Å². The Labute approximate surface area is 128 Å². The highest BCUT2D eigenvalue weighted by Gasteiger charge is 2.09. The van der Waals surface area contributed by atoms with Crippen LogP contribution >= 0.6 is 0 Å². The molecule has 0 aliphatic heterocycles. The van der Waals surface area contributed by atoms with Crippen LogP contribution in [0.2, 0.25) is 0 Å². The molecule has 1 aromatic carbocycles. The van der Waals surface area contributed by atoms with Crippen LogP contribution < -0.4 is 10.1 Å². The highest BCUT2D eigenvalue weighted by molar-refractivity contribution is 6.09. The van der Waals surface area contributed by atoms with Crippen molar-refractivity contribution >= 4 is 17.7 Å². The molecule has 0 saturated heterocycles. The Bertz CT molecular complexity index is 701. The van der Waals surface area contributed by atoms with E-state index in [2.05, 4.69) is 10.3 Å². The minimum Gasteiger partial charge on any atom is -0.494 e. The van der Waals surface area contributed by atoms with E-state index in [-0.39, 0.29) is 5.57 Å². The summed E-state index contributed by atoms with van der Waals surface area (Å²) >= 11 is 0. The Morgan fingerprint density at radius 2 is 1.95 bits per heavy atom. The zero-order valence-electron chi connectivity index (χ0n) is 12.1. The average Bonchev–Trinajstić information content (AvgIpc) is 2.55. The Balaban J connectivity index is 2.13. The minimum absolute atomic E-state index is 0.0287. The van der Waals surface area contributed by atoms with Crippen molar-refractivity contribution in [2.75, 3.05) is 11.9 Å². The number of nitrogens with zero attached hydrogens (tertiary/aromatic N) is 2. The number of nitriles is 1. The topological polar surface area (TPSA) is 75.0 Å². The molecular formula is C17H15N3O2. The second-order valence-electron chi connectivity index (χ2n) is 4.36. The number of carbonyl (C=O) groups excluding carboxylic acids is 1. The van der Waals surface area contributed by atoms with Crippen LogP contribution in [0.25, 0.3) is 6.08 Å². The number of nitrogens with one attached hydrogen (secondary N) is 1. The van der Waals surface area contributed by atoms with E-state index in [9.17, 15) is 4.79 Å². The van der Waals surface area contributed by atoms with E-state index < -0.39 is 5.91 Å². The summed E-state index contributed by atoms with van der Waals surface area (Å²) in [6.45, 7) is 2.50. The van der Waals surface area contributed by atoms with Crippen molar-refractivity contribution in [2.45, 2.75) is 6.92 Å². The molecule has 1 N–H and O–H groups in total. The number of carbonyl (C=O) groups is 1. The lowest BCUT2D eigenvalue weighted by Crippen LogP contribution is -2.13. The number of rotatable bonds is 5. The van der Waals surface area contributed by atoms with Crippen molar-refractivity contribution < 1.29 is 9.53 Å². The number of hydrogen-bond acceptors (Lipinski definition) is 4. The van der Waals surface area contributed by atoms with Crippen molar-refractivity contribution in [3.05, 3.63) is 59.9 Å². The molecule has 22 heavy (non-hydrogen) atoms. The molecule has 0 fully saturated rings. The third-order valence-electron chi connectivity index (χ3n) is 2.81. The SMILES string of the molecule is CCOc1ccc(C=C(C#N)C(=O)Nc2ccncc2)cc1. The molecule has 0 bridgehead atoms. The largest absolute Gasteiger partial charge is 0.494 e. The Morgan fingerprint density at radius 3 is 2.55 bits per heavy atom. The predicted molar refractivity (Wildman–Crippen MR) is 84.1 cm³/mol. The van der Waals surface area contributed by atoms with Gasteiger partial charge in [-0.15, -0.1) is 0 Å². The van der Waals surface area contributed by atoms with Crippen LogP contribution in [0.15, 0.2) is 54.4 Å². The van der Waals surface area contributed by atoms with Gasteiger partial charge in [-0.05, 0) is 42.8 Å². The highest BCUT2D eigenvalue weighted by atomic mass is 16.5. The van der Waals surface area contributed by atoms with Gasteiger partial charge in [-0.1, -0.05) is 12.1 Å². The molecule has 1 heterocycles. The molecule has 2 rings (SSSR count). The number of anilines is 1. The van der Waals surface area contributed by atoms with Gasteiger partial charge in [0.05, 0.1) is 6.61 Å². The molecule has 0 aliphatic rings. The van der Waals surface area contributed by atoms with Gasteiger partial charge < -0.3 is 10.1 Å². The first-order chi connectivity index (χ1) is 10.7. The van der Waals surface area contributed by atoms with E-state index in [1.807, 2.05) is 13.0 Å². The van der Waals surface area contributed by atoms with Gasteiger partial charge in [0, 0.05) is 18.1 Å². The molecule has 5 nitrogen and oxygen atoms in total. The van der Waals surface area contributed by atoms with Crippen LogP contribution in [0.5, 0.6) is 5.75 Å². The maximum absolute atomic E-state index is 12.1. The van der Waals surface area contributed by atoms with Gasteiger partial charge in [0.25, 0.3) is 5.91 Å². The number of ether oxygens (including phenoxy) is 1. The van der Waals surface area contributed by atoms with Crippen molar-refractivity contribution in [1.82, 2.24) is 4.98 Å². The minimum atomic E-state index is -0.456. The third-order valence-corrected chi connectivity index (χ3v) is 2.81. The fraction of sp³-hybridized carbons (Fsp3) is 0.118. The maximum Gasteiger partial charge on any atom is 0.266 e. The van der Waals surface area contributed by atoms with Gasteiger partial charge in [0.2, 0.25) is 0 Å². The molecule has 0 unspecified atom stereocenters. The summed E-state index contributed by atoms with van der Waals surface area (Å²) in [5, 5.41) is 11.8. The first-order valence-corrected chi connectivity index (χ1v) is 6.79. The van der Waals surface area contributed by atoms with E-state index in [0.717, 1.165) is 11.3 Å². The van der Waals surface area contributed by atoms with Crippen LogP contribution in [0.1, 0.15) is 12.5 Å². The van der Waals surface area contributed by atoms with Crippen molar-refractivity contribution in [2.24, 2.45) is 0 Å². The summed E-state index contributed by atoms with van der Waals surface area (Å²) in [5.41, 5.74) is 1.37. The number of benzene rings is 1. The van der Waals surface area contributed by atoms with Crippen molar-refractivity contribution in [3.63, 3.8) is 0 Å². The summed E-state index contributed by atoms with van der Waals surface area (Å²) in [7, 11) is 0. The number of amides is 1. The first-order valence-electron chi connectivity index (χ1n) is 6.79. The lowest BCUT2D eigenvalue weighted by Gasteiger charge is -2.04. The molecule has 2 aromatic rings. The van der Waals surface area contributed by atoms with Gasteiger partial charge in [0.15, 0.2) is 0 Å². The van der Waals surface area contributed by atoms with Crippen LogP contribution in [0.3, 0.4) is 0 Å². The normalized spacial score (nSPS) is 10.6. The van der Waals surface area contributed by atoms with Gasteiger partial charge in [0.1, 0.15) is 17.4 Å². The number of hydrogen-bond donors (Lipinski definition) is 1. The lowest BCUT2D eigenvalue weighted by molar-refractivity contribution is -0.112. The molecule has 1 aromatic heterocycles. The van der Waals surface area contributed by atoms with Crippen LogP contribution in [-0.4, -0.2) is 17.5 Å². The smallest absolute Gasteiger partial charge is 0.266 e. The predicted octanol–water partition coefficient (Wildman–Crippen LogP) is 3.03. The standard InChI is InChI=1S/C17H15N3O2/c1-2-22-16-5-3-13(4-6-16)11-14(12-18)17(21)20-15-7-9-19-10-8-15/h3-11H,2H2,1H3,(H,19,20,21). The molecule has 0 radical (unpaired) electrons. The van der Waals surface area contributed by atoms with E-state index in [1.165, 1.54) is 6.08 Å². The number of aromatic nitrogens is 1. The van der Waals surface area contributed by atoms with Crippen molar-refractivity contribution in [3.8, 4) is 11.8 Å². The van der Waals surface area contributed by atoms with Gasteiger partial charge in [-0.3, -0.25) is 9.78 Å². The van der Waals surface area contributed by atoms with Crippen molar-refractivity contribution in [1.29, 1.82) is 5.26 Å². The van der Waals surface area contributed by atoms with Crippen LogP contribution in [0.4, 0.5) is 5.69 Å². The molecule has 0 saturated carbocycles. The lowest BCUT2D eigenvalue weighted by atomic mass is 10.1. The summed E-state index contributed by atoms with van der Waals surface area (Å²) < 4.78 is 5.35. The van der Waals surface area contributed by atoms with Gasteiger partial charge >= 0.3 is 0 Å². The number of pyridine rings is 1. The summed E-state index contributed by atoms with van der Waals surface area (Å²) in [6.07, 6.45) is 4.67. The van der Waals surface area contributed by atoms with Gasteiger partial charge in [-0.2, -0.15) is 5.26 Å². The Kier molecular flexibility index (Phi) is 5.27. The summed E-state index contributed by atoms with van der Waals surface area (Å²) in [5.74, 6) is 0.293. The van der Waals surface area contributed by atoms with E-state index >= 15 is 0 Å². The molecule has 5 heteroatoms. The molecule has 0 atom stereocenters. The van der Waals surface area contributed by atoms with Crippen LogP contribution in [0, 0.1) is 11.3 Å². The quantitative estimate of drug-likeness (QED) is 0.679. The maximum atomic E-state index is 12.1. The molecule has 1 amide bonds. The fourth-order valence-electron chi connectivity index (χ4n) is 1.78. The summed E-state index contributed by atoms with van der Waals surface area (Å²) in [6, 6.07) is 12.4. The second kappa shape index (κ2) is 7.60. The van der Waals surface area contributed by atoms with Gasteiger partial charge in [-0.25, -0.2) is 0 Å². The van der Waals surface area contributed by atoms with E-state index in [4.69, 9.17) is 10.00 Å². The molecular weight excluding hydrogens is 278 g/mol. The zero-order chi connectivity index (χ0) is 15.8. The first kappa shape index (κ1) is 15.3. The van der Waals surface area contributed by atoms with E-state index in [1.54, 1.807) is 48.8 Å². The molecule has 110 valence electrons. The molecule has 0 aliphatic carbocycles. The third kappa shape index (κ3) is 4.18. The fourth-order valence-corrected chi connectivity index (χ4v) is 1.78. The summed E-state index contributed by atoms with van der Waals surface area (Å²) in [4.78, 5) is 15.9. The van der Waals surface area contributed by atoms with E-state index in [0.29, 0.717) is 12.3 Å². The monoisotopic (exact) mass is 293 g/mol. The highest BCUT2D eigenvalue weighted by Crippen LogP contribution is 2.15. The second-order valence-corrected chi connectivity index (χ2v) is 4.36. The zero-order valence-corrected chi connectivity index (χ0v) is 12.1. The Morgan fingerprint density at radius 1 is 1.27 bits per heavy atom. The average molecular weight is 293 g/mol.